The summed E-state index contributed by atoms with van der Waals surface area (Å²) >= 11 is 1.83. The first kappa shape index (κ1) is 12.3. The molecule has 0 aliphatic carbocycles. The van der Waals surface area contributed by atoms with E-state index in [1.54, 1.807) is 0 Å². The summed E-state index contributed by atoms with van der Waals surface area (Å²) in [6, 6.07) is 9.00. The van der Waals surface area contributed by atoms with Crippen molar-refractivity contribution >= 4 is 11.3 Å². The molecule has 90 valence electrons. The van der Waals surface area contributed by atoms with Crippen LogP contribution in [0.15, 0.2) is 42.0 Å². The van der Waals surface area contributed by atoms with Gasteiger partial charge in [0.15, 0.2) is 0 Å². The monoisotopic (exact) mass is 246 g/mol. The Labute approximate surface area is 107 Å². The molecule has 1 atom stereocenters. The van der Waals surface area contributed by atoms with Crippen molar-refractivity contribution in [2.24, 2.45) is 0 Å². The third-order valence-corrected chi connectivity index (χ3v) is 3.79. The first-order valence-electron chi connectivity index (χ1n) is 6.06. The van der Waals surface area contributed by atoms with Crippen molar-refractivity contribution in [3.63, 3.8) is 0 Å². The van der Waals surface area contributed by atoms with Crippen LogP contribution in [0, 0.1) is 0 Å². The lowest BCUT2D eigenvalue weighted by Gasteiger charge is -2.16. The zero-order chi connectivity index (χ0) is 11.9. The highest BCUT2D eigenvalue weighted by molar-refractivity contribution is 7.10. The molecule has 0 radical (unpaired) electrons. The van der Waals surface area contributed by atoms with E-state index < -0.39 is 0 Å². The molecule has 2 aromatic rings. The van der Waals surface area contributed by atoms with Crippen molar-refractivity contribution in [2.75, 3.05) is 6.54 Å². The van der Waals surface area contributed by atoms with E-state index in [0.29, 0.717) is 6.04 Å². The minimum atomic E-state index is 0.480. The largest absolute Gasteiger partial charge is 0.310 e. The van der Waals surface area contributed by atoms with Gasteiger partial charge in [-0.05, 0) is 48.5 Å². The Morgan fingerprint density at radius 3 is 2.76 bits per heavy atom. The molecule has 2 nitrogen and oxygen atoms in total. The smallest absolute Gasteiger partial charge is 0.0417 e. The molecular weight excluding hydrogens is 228 g/mol. The van der Waals surface area contributed by atoms with E-state index in [4.69, 9.17) is 0 Å². The predicted octanol–water partition coefficient (Wildman–Crippen LogP) is 3.43. The Balaban J connectivity index is 1.95. The van der Waals surface area contributed by atoms with Gasteiger partial charge in [0, 0.05) is 23.3 Å². The van der Waals surface area contributed by atoms with Crippen LogP contribution in [-0.4, -0.2) is 11.5 Å². The van der Waals surface area contributed by atoms with Crippen molar-refractivity contribution in [3.8, 4) is 0 Å². The fourth-order valence-corrected chi connectivity index (χ4v) is 2.78. The van der Waals surface area contributed by atoms with E-state index in [9.17, 15) is 0 Å². The highest BCUT2D eigenvalue weighted by atomic mass is 32.1. The maximum atomic E-state index is 4.05. The molecule has 2 rings (SSSR count). The highest BCUT2D eigenvalue weighted by Crippen LogP contribution is 2.23. The van der Waals surface area contributed by atoms with Crippen molar-refractivity contribution in [3.05, 3.63) is 52.5 Å². The van der Waals surface area contributed by atoms with Crippen LogP contribution < -0.4 is 5.32 Å². The molecule has 1 unspecified atom stereocenters. The summed E-state index contributed by atoms with van der Waals surface area (Å²) < 4.78 is 0. The molecule has 3 heteroatoms. The second-order valence-electron chi connectivity index (χ2n) is 4.02. The van der Waals surface area contributed by atoms with Crippen LogP contribution in [0.3, 0.4) is 0 Å². The SMILES string of the molecule is CCNC(CCc1ccncc1)c1cccs1. The minimum Gasteiger partial charge on any atom is -0.310 e. The van der Waals surface area contributed by atoms with Crippen molar-refractivity contribution in [2.45, 2.75) is 25.8 Å². The molecule has 2 heterocycles. The fourth-order valence-electron chi connectivity index (χ4n) is 1.94. The molecule has 1 N–H and O–H groups in total. The number of pyridine rings is 1. The molecule has 0 fully saturated rings. The van der Waals surface area contributed by atoms with Crippen LogP contribution in [0.2, 0.25) is 0 Å². The lowest BCUT2D eigenvalue weighted by atomic mass is 10.1. The molecule has 0 aliphatic heterocycles. The van der Waals surface area contributed by atoms with E-state index in [2.05, 4.69) is 46.9 Å². The second-order valence-corrected chi connectivity index (χ2v) is 5.00. The Bertz CT molecular complexity index is 411. The molecule has 2 aromatic heterocycles. The average molecular weight is 246 g/mol. The number of aromatic nitrogens is 1. The van der Waals surface area contributed by atoms with Gasteiger partial charge in [-0.15, -0.1) is 11.3 Å². The third kappa shape index (κ3) is 3.65. The van der Waals surface area contributed by atoms with Crippen LogP contribution in [0.4, 0.5) is 0 Å². The van der Waals surface area contributed by atoms with Crippen LogP contribution >= 0.6 is 11.3 Å². The number of hydrogen-bond donors (Lipinski definition) is 1. The van der Waals surface area contributed by atoms with E-state index in [1.165, 1.54) is 10.4 Å². The number of nitrogens with one attached hydrogen (secondary N) is 1. The molecule has 0 amide bonds. The standard InChI is InChI=1S/C14H18N2S/c1-2-16-13(14-4-3-11-17-14)6-5-12-7-9-15-10-8-12/h3-4,7-11,13,16H,2,5-6H2,1H3. The summed E-state index contributed by atoms with van der Waals surface area (Å²) in [7, 11) is 0. The summed E-state index contributed by atoms with van der Waals surface area (Å²) in [5, 5.41) is 5.70. The van der Waals surface area contributed by atoms with Crippen molar-refractivity contribution in [1.29, 1.82) is 0 Å². The predicted molar refractivity (Wildman–Crippen MR) is 73.3 cm³/mol. The summed E-state index contributed by atoms with van der Waals surface area (Å²) in [5.41, 5.74) is 1.36. The zero-order valence-corrected chi connectivity index (χ0v) is 10.9. The maximum absolute atomic E-state index is 4.05. The van der Waals surface area contributed by atoms with Gasteiger partial charge in [-0.1, -0.05) is 13.0 Å². The van der Waals surface area contributed by atoms with Gasteiger partial charge >= 0.3 is 0 Å². The van der Waals surface area contributed by atoms with Crippen molar-refractivity contribution < 1.29 is 0 Å². The number of hydrogen-bond acceptors (Lipinski definition) is 3. The Hall–Kier alpha value is -1.19. The maximum Gasteiger partial charge on any atom is 0.0417 e. The fraction of sp³-hybridized carbons (Fsp3) is 0.357. The molecule has 0 saturated heterocycles. The second kappa shape index (κ2) is 6.52. The minimum absolute atomic E-state index is 0.480. The molecular formula is C14H18N2S. The summed E-state index contributed by atoms with van der Waals surface area (Å²) in [5.74, 6) is 0. The Morgan fingerprint density at radius 1 is 1.29 bits per heavy atom. The van der Waals surface area contributed by atoms with Gasteiger partial charge in [0.1, 0.15) is 0 Å². The van der Waals surface area contributed by atoms with E-state index in [0.717, 1.165) is 19.4 Å². The molecule has 0 aromatic carbocycles. The van der Waals surface area contributed by atoms with Crippen LogP contribution in [0.1, 0.15) is 29.8 Å². The van der Waals surface area contributed by atoms with Gasteiger partial charge in [0.25, 0.3) is 0 Å². The quantitative estimate of drug-likeness (QED) is 0.844. The molecule has 0 bridgehead atoms. The summed E-state index contributed by atoms with van der Waals surface area (Å²) in [4.78, 5) is 5.48. The van der Waals surface area contributed by atoms with Gasteiger partial charge in [-0.2, -0.15) is 0 Å². The van der Waals surface area contributed by atoms with Crippen LogP contribution in [-0.2, 0) is 6.42 Å². The number of thiophene rings is 1. The van der Waals surface area contributed by atoms with Gasteiger partial charge in [0.2, 0.25) is 0 Å². The average Bonchev–Trinajstić information content (AvgIpc) is 2.89. The first-order valence-corrected chi connectivity index (χ1v) is 6.94. The van der Waals surface area contributed by atoms with Gasteiger partial charge < -0.3 is 5.32 Å². The topological polar surface area (TPSA) is 24.9 Å². The van der Waals surface area contributed by atoms with Crippen molar-refractivity contribution in [1.82, 2.24) is 10.3 Å². The van der Waals surface area contributed by atoms with Crippen LogP contribution in [0.25, 0.3) is 0 Å². The molecule has 0 aliphatic rings. The van der Waals surface area contributed by atoms with Gasteiger partial charge in [-0.25, -0.2) is 0 Å². The van der Waals surface area contributed by atoms with Crippen LogP contribution in [0.5, 0.6) is 0 Å². The normalized spacial score (nSPS) is 12.5. The molecule has 17 heavy (non-hydrogen) atoms. The Morgan fingerprint density at radius 2 is 2.12 bits per heavy atom. The Kier molecular flexibility index (Phi) is 4.71. The van der Waals surface area contributed by atoms with E-state index in [-0.39, 0.29) is 0 Å². The van der Waals surface area contributed by atoms with Gasteiger partial charge in [0.05, 0.1) is 0 Å². The van der Waals surface area contributed by atoms with E-state index in [1.807, 2.05) is 23.7 Å². The summed E-state index contributed by atoms with van der Waals surface area (Å²) in [6.45, 7) is 3.17. The lowest BCUT2D eigenvalue weighted by Crippen LogP contribution is -2.20. The third-order valence-electron chi connectivity index (χ3n) is 2.81. The molecule has 0 spiro atoms. The number of rotatable bonds is 6. The number of aryl methyl sites for hydroxylation is 1. The van der Waals surface area contributed by atoms with Gasteiger partial charge in [-0.3, -0.25) is 4.98 Å². The summed E-state index contributed by atoms with van der Waals surface area (Å²) in [6.07, 6.45) is 5.96. The zero-order valence-electron chi connectivity index (χ0n) is 10.1. The molecule has 0 saturated carbocycles. The van der Waals surface area contributed by atoms with E-state index >= 15 is 0 Å². The number of nitrogens with zero attached hydrogens (tertiary/aromatic N) is 1. The lowest BCUT2D eigenvalue weighted by molar-refractivity contribution is 0.523. The first-order chi connectivity index (χ1) is 8.40. The highest BCUT2D eigenvalue weighted by Gasteiger charge is 2.10.